The van der Waals surface area contributed by atoms with Crippen LogP contribution in [0.3, 0.4) is 0 Å². The summed E-state index contributed by atoms with van der Waals surface area (Å²) >= 11 is 0. The lowest BCUT2D eigenvalue weighted by Crippen LogP contribution is -2.21. The predicted molar refractivity (Wildman–Crippen MR) is 73.7 cm³/mol. The van der Waals surface area contributed by atoms with Gasteiger partial charge in [-0.25, -0.2) is 8.42 Å². The molecule has 18 heavy (non-hydrogen) atoms. The second-order valence-electron chi connectivity index (χ2n) is 4.43. The number of hydrogen-bond donors (Lipinski definition) is 1. The summed E-state index contributed by atoms with van der Waals surface area (Å²) in [6.07, 6.45) is 1.90. The molecule has 0 bridgehead atoms. The van der Waals surface area contributed by atoms with Gasteiger partial charge >= 0.3 is 0 Å². The van der Waals surface area contributed by atoms with Crippen molar-refractivity contribution in [1.82, 2.24) is 5.32 Å². The summed E-state index contributed by atoms with van der Waals surface area (Å²) in [6.45, 7) is 2.75. The molecule has 0 heterocycles. The highest BCUT2D eigenvalue weighted by Crippen LogP contribution is 2.16. The van der Waals surface area contributed by atoms with E-state index in [9.17, 15) is 8.42 Å². The van der Waals surface area contributed by atoms with Crippen LogP contribution >= 0.6 is 0 Å². The van der Waals surface area contributed by atoms with Gasteiger partial charge in [-0.2, -0.15) is 0 Å². The van der Waals surface area contributed by atoms with Gasteiger partial charge in [0.2, 0.25) is 0 Å². The topological polar surface area (TPSA) is 55.4 Å². The highest BCUT2D eigenvalue weighted by molar-refractivity contribution is 7.90. The van der Waals surface area contributed by atoms with E-state index in [-0.39, 0.29) is 11.8 Å². The van der Waals surface area contributed by atoms with Crippen molar-refractivity contribution in [3.8, 4) is 5.75 Å². The molecule has 0 unspecified atom stereocenters. The monoisotopic (exact) mass is 271 g/mol. The summed E-state index contributed by atoms with van der Waals surface area (Å²) in [5.41, 5.74) is 1.16. The van der Waals surface area contributed by atoms with Crippen LogP contribution in [-0.4, -0.2) is 34.1 Å². The number of rotatable bonds is 7. The number of nitrogens with one attached hydrogen (secondary N) is 1. The molecular formula is C13H21NO3S. The van der Waals surface area contributed by atoms with Crippen LogP contribution in [0.5, 0.6) is 5.75 Å². The summed E-state index contributed by atoms with van der Waals surface area (Å²) in [4.78, 5) is 0. The Morgan fingerprint density at radius 3 is 2.39 bits per heavy atom. The van der Waals surface area contributed by atoms with Crippen LogP contribution in [0.4, 0.5) is 0 Å². The first-order valence-corrected chi connectivity index (χ1v) is 8.03. The molecule has 1 aromatic carbocycles. The fraction of sp³-hybridized carbons (Fsp3) is 0.538. The Kier molecular flexibility index (Phi) is 5.62. The minimum Gasteiger partial charge on any atom is -0.497 e. The van der Waals surface area contributed by atoms with Crippen LogP contribution in [0.2, 0.25) is 0 Å². The van der Waals surface area contributed by atoms with Crippen molar-refractivity contribution >= 4 is 9.84 Å². The minimum atomic E-state index is -2.85. The average Bonchev–Trinajstić information content (AvgIpc) is 2.33. The largest absolute Gasteiger partial charge is 0.497 e. The molecule has 0 spiro atoms. The Bertz CT molecular complexity index is 454. The molecule has 0 aliphatic carbocycles. The van der Waals surface area contributed by atoms with E-state index in [1.165, 1.54) is 6.26 Å². The molecule has 1 aromatic rings. The molecule has 0 aromatic heterocycles. The molecule has 0 fully saturated rings. The molecule has 102 valence electrons. The quantitative estimate of drug-likeness (QED) is 0.768. The first-order valence-electron chi connectivity index (χ1n) is 5.97. The lowest BCUT2D eigenvalue weighted by Gasteiger charge is -2.14. The van der Waals surface area contributed by atoms with Crippen molar-refractivity contribution in [2.24, 2.45) is 0 Å². The van der Waals surface area contributed by atoms with Crippen molar-refractivity contribution < 1.29 is 13.2 Å². The van der Waals surface area contributed by atoms with Crippen molar-refractivity contribution in [3.05, 3.63) is 29.8 Å². The zero-order valence-corrected chi connectivity index (χ0v) is 12.0. The summed E-state index contributed by atoms with van der Waals surface area (Å²) < 4.78 is 27.0. The normalized spacial score (nSPS) is 13.3. The third-order valence-electron chi connectivity index (χ3n) is 2.76. The summed E-state index contributed by atoms with van der Waals surface area (Å²) in [7, 11) is -1.21. The minimum absolute atomic E-state index is 0.204. The zero-order valence-electron chi connectivity index (χ0n) is 11.1. The van der Waals surface area contributed by atoms with Crippen molar-refractivity contribution in [2.45, 2.75) is 19.4 Å². The Labute approximate surface area is 109 Å². The molecule has 0 aliphatic rings. The Morgan fingerprint density at radius 1 is 1.28 bits per heavy atom. The van der Waals surface area contributed by atoms with E-state index in [0.717, 1.165) is 11.3 Å². The van der Waals surface area contributed by atoms with E-state index < -0.39 is 9.84 Å². The van der Waals surface area contributed by atoms with Gasteiger partial charge < -0.3 is 10.1 Å². The van der Waals surface area contributed by atoms with E-state index in [2.05, 4.69) is 12.2 Å². The summed E-state index contributed by atoms with van der Waals surface area (Å²) in [6, 6.07) is 8.06. The third kappa shape index (κ3) is 5.51. The van der Waals surface area contributed by atoms with Crippen LogP contribution in [-0.2, 0) is 9.84 Å². The number of ether oxygens (including phenoxy) is 1. The summed E-state index contributed by atoms with van der Waals surface area (Å²) in [5.74, 6) is 1.07. The van der Waals surface area contributed by atoms with E-state index in [1.54, 1.807) is 7.11 Å². The molecular weight excluding hydrogens is 250 g/mol. The Hall–Kier alpha value is -1.07. The Morgan fingerprint density at radius 2 is 1.89 bits per heavy atom. The maximum absolute atomic E-state index is 11.0. The molecule has 4 nitrogen and oxygen atoms in total. The molecule has 0 radical (unpaired) electrons. The zero-order chi connectivity index (χ0) is 13.6. The number of sulfone groups is 1. The van der Waals surface area contributed by atoms with Crippen LogP contribution in [0, 0.1) is 0 Å². The second kappa shape index (κ2) is 6.75. The molecule has 1 N–H and O–H groups in total. The predicted octanol–water partition coefficient (Wildman–Crippen LogP) is 1.78. The number of benzene rings is 1. The van der Waals surface area contributed by atoms with E-state index >= 15 is 0 Å². The first kappa shape index (κ1) is 15.0. The van der Waals surface area contributed by atoms with Gasteiger partial charge in [0.25, 0.3) is 0 Å². The average molecular weight is 271 g/mol. The van der Waals surface area contributed by atoms with Crippen molar-refractivity contribution in [3.63, 3.8) is 0 Å². The maximum atomic E-state index is 11.0. The summed E-state index contributed by atoms with van der Waals surface area (Å²) in [5, 5.41) is 3.30. The van der Waals surface area contributed by atoms with Gasteiger partial charge in [0.1, 0.15) is 15.6 Å². The van der Waals surface area contributed by atoms with Gasteiger partial charge in [-0.15, -0.1) is 0 Å². The molecule has 1 rings (SSSR count). The molecule has 1 atom stereocenters. The highest BCUT2D eigenvalue weighted by atomic mass is 32.2. The highest BCUT2D eigenvalue weighted by Gasteiger charge is 2.06. The first-order chi connectivity index (χ1) is 8.42. The van der Waals surface area contributed by atoms with Crippen LogP contribution in [0.25, 0.3) is 0 Å². The van der Waals surface area contributed by atoms with E-state index in [0.29, 0.717) is 13.0 Å². The van der Waals surface area contributed by atoms with Gasteiger partial charge in [-0.1, -0.05) is 12.1 Å². The molecule has 5 heteroatoms. The maximum Gasteiger partial charge on any atom is 0.147 e. The van der Waals surface area contributed by atoms with E-state index in [1.807, 2.05) is 24.3 Å². The van der Waals surface area contributed by atoms with Gasteiger partial charge in [0, 0.05) is 12.3 Å². The third-order valence-corrected chi connectivity index (χ3v) is 3.79. The Balaban J connectivity index is 2.38. The van der Waals surface area contributed by atoms with Crippen LogP contribution < -0.4 is 10.1 Å². The van der Waals surface area contributed by atoms with Gasteiger partial charge in [-0.05, 0) is 37.6 Å². The standard InChI is InChI=1S/C13H21NO3S/c1-11(14-9-4-10-18(3,15)16)12-5-7-13(17-2)8-6-12/h5-8,11,14H,4,9-10H2,1-3H3/t11-/m1/s1. The molecule has 0 saturated carbocycles. The fourth-order valence-corrected chi connectivity index (χ4v) is 2.33. The number of methoxy groups -OCH3 is 1. The van der Waals surface area contributed by atoms with Gasteiger partial charge in [-0.3, -0.25) is 0 Å². The number of hydrogen-bond acceptors (Lipinski definition) is 4. The fourth-order valence-electron chi connectivity index (χ4n) is 1.66. The van der Waals surface area contributed by atoms with Gasteiger partial charge in [0.15, 0.2) is 0 Å². The SMILES string of the molecule is COc1ccc([C@@H](C)NCCCS(C)(=O)=O)cc1. The molecule has 0 saturated heterocycles. The second-order valence-corrected chi connectivity index (χ2v) is 6.69. The van der Waals surface area contributed by atoms with Crippen LogP contribution in [0.15, 0.2) is 24.3 Å². The lowest BCUT2D eigenvalue weighted by atomic mass is 10.1. The van der Waals surface area contributed by atoms with Crippen molar-refractivity contribution in [1.29, 1.82) is 0 Å². The van der Waals surface area contributed by atoms with Crippen LogP contribution in [0.1, 0.15) is 24.9 Å². The molecule has 0 aliphatic heterocycles. The molecule has 0 amide bonds. The van der Waals surface area contributed by atoms with E-state index in [4.69, 9.17) is 4.74 Å². The smallest absolute Gasteiger partial charge is 0.147 e. The van der Waals surface area contributed by atoms with Crippen molar-refractivity contribution in [2.75, 3.05) is 25.7 Å². The van der Waals surface area contributed by atoms with Gasteiger partial charge in [0.05, 0.1) is 12.9 Å². The lowest BCUT2D eigenvalue weighted by molar-refractivity contribution is 0.414.